The van der Waals surface area contributed by atoms with Crippen LogP contribution in [0.15, 0.2) is 16.8 Å². The van der Waals surface area contributed by atoms with Crippen molar-refractivity contribution >= 4 is 11.7 Å². The Bertz CT molecular complexity index is 950. The van der Waals surface area contributed by atoms with Gasteiger partial charge in [-0.2, -0.15) is 0 Å². The molecule has 0 unspecified atom stereocenters. The zero-order valence-electron chi connectivity index (χ0n) is 25.4. The van der Waals surface area contributed by atoms with Gasteiger partial charge in [0.2, 0.25) is 0 Å². The van der Waals surface area contributed by atoms with Crippen LogP contribution < -0.4 is 0 Å². The lowest BCUT2D eigenvalue weighted by atomic mass is 9.76. The summed E-state index contributed by atoms with van der Waals surface area (Å²) in [4.78, 5) is 20.5. The molecular weight excluding hydrogens is 520 g/mol. The molecule has 3 aliphatic rings. The van der Waals surface area contributed by atoms with Crippen molar-refractivity contribution in [3.8, 4) is 0 Å². The first kappa shape index (κ1) is 32.9. The van der Waals surface area contributed by atoms with E-state index in [0.717, 1.165) is 0 Å². The highest BCUT2D eigenvalue weighted by atomic mass is 16.7. The summed E-state index contributed by atoms with van der Waals surface area (Å²) in [5, 5.41) is 50.0. The minimum atomic E-state index is -1.56. The first-order valence-electron chi connectivity index (χ1n) is 14.4. The number of oxime groups is 1. The first-order valence-corrected chi connectivity index (χ1v) is 14.4. The summed E-state index contributed by atoms with van der Waals surface area (Å²) >= 11 is 0. The number of esters is 1. The zero-order valence-corrected chi connectivity index (χ0v) is 25.4. The zero-order chi connectivity index (χ0) is 30.2. The highest BCUT2D eigenvalue weighted by molar-refractivity contribution is 6.02. The third kappa shape index (κ3) is 7.06. The number of aliphatic hydroxyl groups is 4. The van der Waals surface area contributed by atoms with Crippen molar-refractivity contribution in [2.45, 2.75) is 122 Å². The molecule has 4 N–H and O–H groups in total. The molecule has 12 atom stereocenters. The Kier molecular flexibility index (Phi) is 10.5. The van der Waals surface area contributed by atoms with Crippen molar-refractivity contribution in [2.75, 3.05) is 20.7 Å². The molecule has 0 amide bonds. The first-order chi connectivity index (χ1) is 18.5. The van der Waals surface area contributed by atoms with Gasteiger partial charge in [-0.05, 0) is 67.1 Å². The number of aliphatic hydroxyl groups excluding tert-OH is 2. The summed E-state index contributed by atoms with van der Waals surface area (Å²) in [7, 11) is 3.75. The molecule has 11 heteroatoms. The molecule has 0 aliphatic carbocycles. The van der Waals surface area contributed by atoms with Crippen molar-refractivity contribution in [3.63, 3.8) is 0 Å². The summed E-state index contributed by atoms with van der Waals surface area (Å²) in [6, 6.07) is -0.235. The average molecular weight is 571 g/mol. The topological polar surface area (TPSA) is 151 Å². The second-order valence-corrected chi connectivity index (χ2v) is 12.7. The molecule has 0 aromatic heterocycles. The fraction of sp³-hybridized carbons (Fsp3) is 0.862. The third-order valence-corrected chi connectivity index (χ3v) is 8.72. The van der Waals surface area contributed by atoms with Gasteiger partial charge in [0.1, 0.15) is 24.4 Å². The van der Waals surface area contributed by atoms with Gasteiger partial charge in [-0.1, -0.05) is 25.9 Å². The SMILES string of the molecule is CC[C@H]1OC(=O)[C@H](C)[C@@H](O)[C@H](C)[C@@H](O[C@@H]2O[C@H](C)C[C@H](N(C)C)[C@H]2O)[C@@](C)(O)C[C@@H](C)C2=NOC/C2=C\[C@]1(C)O. The Labute approximate surface area is 238 Å². The number of nitrogens with zero attached hydrogens (tertiary/aromatic N) is 2. The van der Waals surface area contributed by atoms with Crippen LogP contribution in [-0.4, -0.2) is 112 Å². The summed E-state index contributed by atoms with van der Waals surface area (Å²) in [6.07, 6.45) is -2.78. The van der Waals surface area contributed by atoms with Crippen LogP contribution in [0.3, 0.4) is 0 Å². The molecule has 0 saturated carbocycles. The molecule has 0 bridgehead atoms. The molecule has 1 saturated heterocycles. The summed E-state index contributed by atoms with van der Waals surface area (Å²) in [5.41, 5.74) is -1.87. The maximum atomic E-state index is 13.2. The highest BCUT2D eigenvalue weighted by Gasteiger charge is 2.49. The van der Waals surface area contributed by atoms with E-state index in [-0.39, 0.29) is 31.1 Å². The quantitative estimate of drug-likeness (QED) is 0.367. The molecule has 3 heterocycles. The maximum absolute atomic E-state index is 13.2. The van der Waals surface area contributed by atoms with Crippen LogP contribution in [0.4, 0.5) is 0 Å². The van der Waals surface area contributed by atoms with Crippen LogP contribution in [0, 0.1) is 17.8 Å². The molecule has 3 rings (SSSR count). The fourth-order valence-corrected chi connectivity index (χ4v) is 6.38. The molecule has 1 fully saturated rings. The van der Waals surface area contributed by atoms with E-state index in [9.17, 15) is 25.2 Å². The van der Waals surface area contributed by atoms with Crippen LogP contribution in [0.25, 0.3) is 0 Å². The van der Waals surface area contributed by atoms with Crippen LogP contribution in [0.5, 0.6) is 0 Å². The standard InChI is InChI=1S/C29H50N2O9/c1-10-21-28(6,35)13-19-14-37-30-22(19)15(2)12-29(7,36)25(17(4)23(32)18(5)26(34)39-21)40-27-24(33)20(31(8)9)11-16(3)38-27/h13,15-18,20-21,23-25,27,32-33,35-36H,10-12,14H2,1-9H3/b19-13+/t15-,16-,17+,18-,20+,21-,23+,24-,25-,27+,28+,29+/m1/s1. The van der Waals surface area contributed by atoms with Gasteiger partial charge < -0.3 is 44.4 Å². The van der Waals surface area contributed by atoms with Crippen molar-refractivity contribution in [1.82, 2.24) is 4.90 Å². The molecule has 3 aliphatic heterocycles. The number of carbonyl (C=O) groups is 1. The van der Waals surface area contributed by atoms with E-state index in [2.05, 4.69) is 5.16 Å². The number of hydrogen-bond donors (Lipinski definition) is 4. The van der Waals surface area contributed by atoms with E-state index < -0.39 is 59.7 Å². The van der Waals surface area contributed by atoms with Gasteiger partial charge in [0.15, 0.2) is 6.29 Å². The minimum Gasteiger partial charge on any atom is -0.459 e. The lowest BCUT2D eigenvalue weighted by Gasteiger charge is -2.46. The van der Waals surface area contributed by atoms with E-state index in [1.54, 1.807) is 40.7 Å². The van der Waals surface area contributed by atoms with E-state index in [0.29, 0.717) is 24.1 Å². The smallest absolute Gasteiger partial charge is 0.311 e. The second-order valence-electron chi connectivity index (χ2n) is 12.7. The Morgan fingerprint density at radius 2 is 1.77 bits per heavy atom. The number of cyclic esters (lactones) is 1. The molecule has 0 aromatic carbocycles. The summed E-state index contributed by atoms with van der Waals surface area (Å²) in [5.74, 6) is -2.78. The maximum Gasteiger partial charge on any atom is 0.311 e. The van der Waals surface area contributed by atoms with Crippen molar-refractivity contribution in [2.24, 2.45) is 22.9 Å². The van der Waals surface area contributed by atoms with Gasteiger partial charge >= 0.3 is 5.97 Å². The van der Waals surface area contributed by atoms with E-state index in [1.807, 2.05) is 32.8 Å². The molecule has 0 aromatic rings. The van der Waals surface area contributed by atoms with Crippen molar-refractivity contribution < 1.29 is 44.3 Å². The van der Waals surface area contributed by atoms with Gasteiger partial charge in [0.25, 0.3) is 0 Å². The monoisotopic (exact) mass is 570 g/mol. The van der Waals surface area contributed by atoms with Crippen LogP contribution in [0.2, 0.25) is 0 Å². The van der Waals surface area contributed by atoms with E-state index in [1.165, 1.54) is 0 Å². The normalized spacial score (nSPS) is 46.9. The lowest BCUT2D eigenvalue weighted by molar-refractivity contribution is -0.298. The molecule has 40 heavy (non-hydrogen) atoms. The molecule has 0 spiro atoms. The van der Waals surface area contributed by atoms with Gasteiger partial charge in [-0.25, -0.2) is 0 Å². The second kappa shape index (κ2) is 12.7. The van der Waals surface area contributed by atoms with Crippen LogP contribution in [0.1, 0.15) is 67.7 Å². The largest absolute Gasteiger partial charge is 0.459 e. The van der Waals surface area contributed by atoms with Crippen molar-refractivity contribution in [1.29, 1.82) is 0 Å². The minimum absolute atomic E-state index is 0.139. The number of carbonyl (C=O) groups excluding carboxylic acids is 1. The van der Waals surface area contributed by atoms with E-state index in [4.69, 9.17) is 19.0 Å². The predicted octanol–water partition coefficient (Wildman–Crippen LogP) is 1.61. The van der Waals surface area contributed by atoms with Gasteiger partial charge in [-0.15, -0.1) is 0 Å². The third-order valence-electron chi connectivity index (χ3n) is 8.72. The number of rotatable bonds is 4. The van der Waals surface area contributed by atoms with Crippen LogP contribution >= 0.6 is 0 Å². The van der Waals surface area contributed by atoms with Gasteiger partial charge in [0, 0.05) is 23.5 Å². The number of ether oxygens (including phenoxy) is 3. The molecule has 11 nitrogen and oxygen atoms in total. The Morgan fingerprint density at radius 1 is 1.12 bits per heavy atom. The molecule has 0 radical (unpaired) electrons. The Balaban J connectivity index is 2.04. The summed E-state index contributed by atoms with van der Waals surface area (Å²) < 4.78 is 18.1. The van der Waals surface area contributed by atoms with Crippen LogP contribution in [-0.2, 0) is 23.8 Å². The molecular formula is C29H50N2O9. The Hall–Kier alpha value is -1.60. The fourth-order valence-electron chi connectivity index (χ4n) is 6.38. The number of fused-ring (bicyclic) bond motifs is 1. The number of hydrogen-bond acceptors (Lipinski definition) is 11. The lowest BCUT2D eigenvalue weighted by Crippen LogP contribution is -2.59. The van der Waals surface area contributed by atoms with Gasteiger partial charge in [0.05, 0.1) is 35.5 Å². The highest BCUT2D eigenvalue weighted by Crippen LogP contribution is 2.37. The number of likely N-dealkylation sites (N-methyl/N-ethyl adjacent to an activating group) is 1. The summed E-state index contributed by atoms with van der Waals surface area (Å²) in [6.45, 7) is 12.2. The predicted molar refractivity (Wildman–Crippen MR) is 148 cm³/mol. The van der Waals surface area contributed by atoms with Gasteiger partial charge in [-0.3, -0.25) is 4.79 Å². The van der Waals surface area contributed by atoms with Crippen molar-refractivity contribution in [3.05, 3.63) is 11.6 Å². The average Bonchev–Trinajstić information content (AvgIpc) is 3.32. The van der Waals surface area contributed by atoms with E-state index >= 15 is 0 Å². The molecule has 230 valence electrons. The Morgan fingerprint density at radius 3 is 2.38 bits per heavy atom.